The number of aromatic nitrogens is 2. The van der Waals surface area contributed by atoms with Gasteiger partial charge in [0.1, 0.15) is 11.0 Å². The maximum atomic E-state index is 4.69. The van der Waals surface area contributed by atoms with Crippen molar-refractivity contribution < 1.29 is 9.36 Å². The second-order valence-electron chi connectivity index (χ2n) is 4.69. The van der Waals surface area contributed by atoms with Gasteiger partial charge < -0.3 is 5.32 Å². The molecule has 2 atom stereocenters. The Morgan fingerprint density at radius 2 is 1.50 bits per heavy atom. The van der Waals surface area contributed by atoms with Crippen LogP contribution in [0.2, 0.25) is 0 Å². The van der Waals surface area contributed by atoms with Crippen molar-refractivity contribution in [2.24, 2.45) is 0 Å². The molecule has 0 radical (unpaired) electrons. The molecule has 84 valence electrons. The number of piperidine rings is 1. The maximum Gasteiger partial charge on any atom is 0.103 e. The van der Waals surface area contributed by atoms with Crippen LogP contribution in [0.4, 0.5) is 0 Å². The quantitative estimate of drug-likeness (QED) is 0.593. The van der Waals surface area contributed by atoms with Gasteiger partial charge in [-0.1, -0.05) is 0 Å². The topological polar surface area (TPSA) is 69.9 Å². The molecule has 3 N–H and O–H groups in total. The Bertz CT molecular complexity index is 524. The smallest absolute Gasteiger partial charge is 0.103 e. The molecule has 1 aliphatic carbocycles. The number of hydrogen-bond donors (Lipinski definition) is 3. The maximum absolute atomic E-state index is 4.69. The van der Waals surface area contributed by atoms with Crippen molar-refractivity contribution >= 4 is 11.0 Å². The van der Waals surface area contributed by atoms with Gasteiger partial charge in [0.2, 0.25) is 0 Å². The largest absolute Gasteiger partial charge is 0.316 e. The van der Waals surface area contributed by atoms with Gasteiger partial charge in [0.05, 0.1) is 0 Å². The van der Waals surface area contributed by atoms with E-state index >= 15 is 0 Å². The first-order valence-electron chi connectivity index (χ1n) is 5.65. The Hall–Kier alpha value is -1.62. The average molecular weight is 219 g/mol. The highest BCUT2D eigenvalue weighted by molar-refractivity contribution is 5.76. The molecule has 2 aliphatic rings. The summed E-state index contributed by atoms with van der Waals surface area (Å²) in [6, 6.07) is 4.36. The number of hydrogen-bond acceptors (Lipinski definition) is 3. The van der Waals surface area contributed by atoms with E-state index < -0.39 is 0 Å². The van der Waals surface area contributed by atoms with Gasteiger partial charge in [0, 0.05) is 13.1 Å². The summed E-state index contributed by atoms with van der Waals surface area (Å²) in [6.45, 7) is 2.18. The molecule has 16 heavy (non-hydrogen) atoms. The number of fused-ring (bicyclic) bond motifs is 6. The van der Waals surface area contributed by atoms with Crippen molar-refractivity contribution in [3.05, 3.63) is 23.3 Å². The Morgan fingerprint density at radius 1 is 0.938 bits per heavy atom. The van der Waals surface area contributed by atoms with Crippen molar-refractivity contribution in [1.82, 2.24) is 15.6 Å². The highest BCUT2D eigenvalue weighted by atomic mass is 17.0. The van der Waals surface area contributed by atoms with Crippen LogP contribution in [0.3, 0.4) is 0 Å². The molecule has 1 fully saturated rings. The Kier molecular flexibility index (Phi) is 1.57. The van der Waals surface area contributed by atoms with Gasteiger partial charge in [-0.3, -0.25) is 0 Å². The summed E-state index contributed by atoms with van der Waals surface area (Å²) < 4.78 is 9.38. The second kappa shape index (κ2) is 2.95. The molecule has 2 heterocycles. The molecule has 1 aromatic heterocycles. The normalized spacial score (nSPS) is 27.0. The Labute approximate surface area is 91.4 Å². The van der Waals surface area contributed by atoms with E-state index in [4.69, 9.17) is 9.36 Å². The molecule has 1 saturated heterocycles. The van der Waals surface area contributed by atoms with Crippen molar-refractivity contribution in [1.29, 1.82) is 0 Å². The van der Waals surface area contributed by atoms with Crippen molar-refractivity contribution in [3.63, 3.8) is 0 Å². The van der Waals surface area contributed by atoms with E-state index in [-0.39, 0.29) is 0 Å². The highest BCUT2D eigenvalue weighted by Gasteiger charge is 2.34. The van der Waals surface area contributed by atoms with Crippen LogP contribution in [0.5, 0.6) is 0 Å². The molecule has 2 bridgehead atoms. The van der Waals surface area contributed by atoms with Crippen LogP contribution in [0.15, 0.2) is 21.5 Å². The summed E-state index contributed by atoms with van der Waals surface area (Å²) in [5, 5.41) is 9.02. The van der Waals surface area contributed by atoms with Crippen molar-refractivity contribution in [2.75, 3.05) is 13.1 Å². The van der Waals surface area contributed by atoms with Crippen molar-refractivity contribution in [3.8, 4) is 0 Å². The van der Waals surface area contributed by atoms with Gasteiger partial charge in [-0.05, 0) is 41.5 Å². The first-order valence-corrected chi connectivity index (χ1v) is 5.65. The minimum Gasteiger partial charge on any atom is -0.316 e. The lowest BCUT2D eigenvalue weighted by Gasteiger charge is -2.19. The van der Waals surface area contributed by atoms with Crippen LogP contribution >= 0.6 is 0 Å². The van der Waals surface area contributed by atoms with Gasteiger partial charge in [0.15, 0.2) is 0 Å². The molecule has 0 amide bonds. The number of aromatic amines is 2. The number of nitrogens with one attached hydrogen (secondary N) is 3. The molecule has 4 rings (SSSR count). The Balaban J connectivity index is 2.01. The summed E-state index contributed by atoms with van der Waals surface area (Å²) in [7, 11) is 0. The predicted molar refractivity (Wildman–Crippen MR) is 57.8 cm³/mol. The zero-order chi connectivity index (χ0) is 10.5. The van der Waals surface area contributed by atoms with E-state index in [1.54, 1.807) is 0 Å². The highest BCUT2D eigenvalue weighted by Crippen LogP contribution is 2.44. The minimum absolute atomic E-state index is 0.656. The molecule has 2 unspecified atom stereocenters. The molecule has 5 heteroatoms. The third-order valence-corrected chi connectivity index (χ3v) is 3.80. The molecule has 1 aromatic carbocycles. The van der Waals surface area contributed by atoms with Gasteiger partial charge in [-0.25, -0.2) is 0 Å². The summed E-state index contributed by atoms with van der Waals surface area (Å²) in [5.41, 5.74) is 4.82. The lowest BCUT2D eigenvalue weighted by atomic mass is 9.98. The van der Waals surface area contributed by atoms with E-state index in [1.807, 2.05) is 0 Å². The van der Waals surface area contributed by atoms with Crippen LogP contribution in [-0.4, -0.2) is 23.4 Å². The third kappa shape index (κ3) is 1.03. The molecule has 2 aromatic rings. The fraction of sp³-hybridized carbons (Fsp3) is 0.455. The van der Waals surface area contributed by atoms with E-state index in [2.05, 4.69) is 27.8 Å². The first kappa shape index (κ1) is 8.52. The summed E-state index contributed by atoms with van der Waals surface area (Å²) in [5.74, 6) is 1.31. The second-order valence-corrected chi connectivity index (χ2v) is 4.69. The van der Waals surface area contributed by atoms with E-state index in [0.717, 1.165) is 24.1 Å². The Morgan fingerprint density at radius 3 is 2.06 bits per heavy atom. The zero-order valence-corrected chi connectivity index (χ0v) is 8.75. The summed E-state index contributed by atoms with van der Waals surface area (Å²) in [6.07, 6.45) is 1.27. The summed E-state index contributed by atoms with van der Waals surface area (Å²) >= 11 is 0. The van der Waals surface area contributed by atoms with Gasteiger partial charge in [-0.15, -0.1) is 0 Å². The number of benzene rings is 1. The van der Waals surface area contributed by atoms with Crippen LogP contribution in [-0.2, 0) is 0 Å². The molecular weight excluding hydrogens is 206 g/mol. The average Bonchev–Trinajstić information content (AvgIpc) is 2.59. The lowest BCUT2D eigenvalue weighted by Crippen LogP contribution is -2.28. The van der Waals surface area contributed by atoms with Gasteiger partial charge >= 0.3 is 0 Å². The fourth-order valence-corrected chi connectivity index (χ4v) is 3.06. The first-order chi connectivity index (χ1) is 7.92. The molecule has 0 saturated carbocycles. The molecule has 0 spiro atoms. The lowest BCUT2D eigenvalue weighted by molar-refractivity contribution is -0.0589. The number of H-pyrrole nitrogens is 2. The molecule has 1 aliphatic heterocycles. The minimum atomic E-state index is 0.656. The number of rotatable bonds is 0. The van der Waals surface area contributed by atoms with Crippen molar-refractivity contribution in [2.45, 2.75) is 18.3 Å². The van der Waals surface area contributed by atoms with Crippen LogP contribution in [0.25, 0.3) is 11.0 Å². The zero-order valence-electron chi connectivity index (χ0n) is 8.75. The third-order valence-electron chi connectivity index (χ3n) is 3.80. The molecular formula is C11H13N3O2. The SMILES string of the molecule is c1c2c(cc3[nH]oo[nH]c13)C1CNCC2C1. The molecule has 5 nitrogen and oxygen atoms in total. The van der Waals surface area contributed by atoms with Crippen LogP contribution < -0.4 is 5.32 Å². The van der Waals surface area contributed by atoms with E-state index in [9.17, 15) is 0 Å². The monoisotopic (exact) mass is 219 g/mol. The van der Waals surface area contributed by atoms with E-state index in [1.165, 1.54) is 17.5 Å². The fourth-order valence-electron chi connectivity index (χ4n) is 3.06. The van der Waals surface area contributed by atoms with Crippen LogP contribution in [0, 0.1) is 0 Å². The standard InChI is InChI=1S/C11H13N3O2/c1-6-4-12-5-7(1)9-3-11-10(2-8(6)9)13-15-16-14-11/h2-3,6-7,12-14H,1,4-5H2. The predicted octanol–water partition coefficient (Wildman–Crippen LogP) is 1.98. The van der Waals surface area contributed by atoms with Gasteiger partial charge in [0.25, 0.3) is 0 Å². The van der Waals surface area contributed by atoms with E-state index in [0.29, 0.717) is 11.8 Å². The van der Waals surface area contributed by atoms with Crippen LogP contribution in [0.1, 0.15) is 29.4 Å². The van der Waals surface area contributed by atoms with Gasteiger partial charge in [-0.2, -0.15) is 19.7 Å². The summed E-state index contributed by atoms with van der Waals surface area (Å²) in [4.78, 5) is 0.